The van der Waals surface area contributed by atoms with Crippen LogP contribution in [0.2, 0.25) is 5.15 Å². The van der Waals surface area contributed by atoms with Crippen LogP contribution >= 0.6 is 11.6 Å². The predicted octanol–water partition coefficient (Wildman–Crippen LogP) is 5.17. The molecule has 2 aromatic heterocycles. The lowest BCUT2D eigenvalue weighted by Crippen LogP contribution is -2.04. The first-order chi connectivity index (χ1) is 16.2. The zero-order chi connectivity index (χ0) is 24.3. The number of pyridine rings is 1. The number of benzene rings is 2. The van der Waals surface area contributed by atoms with Crippen LogP contribution in [0, 0.1) is 0 Å². The smallest absolute Gasteiger partial charge is 0.354 e. The van der Waals surface area contributed by atoms with Crippen molar-refractivity contribution in [2.45, 2.75) is 18.4 Å². The van der Waals surface area contributed by atoms with E-state index in [1.807, 2.05) is 0 Å². The van der Waals surface area contributed by atoms with Gasteiger partial charge in [0.15, 0.2) is 9.84 Å². The number of halogens is 1. The van der Waals surface area contributed by atoms with Gasteiger partial charge in [-0.15, -0.1) is 0 Å². The summed E-state index contributed by atoms with van der Waals surface area (Å²) in [4.78, 5) is 19.7. The van der Waals surface area contributed by atoms with E-state index in [1.165, 1.54) is 12.1 Å². The summed E-state index contributed by atoms with van der Waals surface area (Å²) in [6.07, 6.45) is 1.14. The van der Waals surface area contributed by atoms with Gasteiger partial charge in [0.1, 0.15) is 34.7 Å². The largest absolute Gasteiger partial charge is 0.485 e. The summed E-state index contributed by atoms with van der Waals surface area (Å²) < 4.78 is 40.4. The number of aromatic nitrogens is 2. The molecule has 0 fully saturated rings. The Hall–Kier alpha value is -3.56. The van der Waals surface area contributed by atoms with Gasteiger partial charge in [0.05, 0.1) is 22.7 Å². The van der Waals surface area contributed by atoms with Crippen molar-refractivity contribution in [3.63, 3.8) is 0 Å². The third-order valence-corrected chi connectivity index (χ3v) is 6.14. The molecule has 0 amide bonds. The van der Waals surface area contributed by atoms with Crippen molar-refractivity contribution < 1.29 is 27.4 Å². The third kappa shape index (κ3) is 5.49. The molecule has 10 heteroatoms. The van der Waals surface area contributed by atoms with Crippen molar-refractivity contribution in [3.8, 4) is 17.2 Å². The number of nitrogens with one attached hydrogen (secondary N) is 1. The van der Waals surface area contributed by atoms with E-state index in [0.717, 1.165) is 6.26 Å². The highest BCUT2D eigenvalue weighted by Gasteiger charge is 2.16. The molecule has 0 atom stereocenters. The van der Waals surface area contributed by atoms with Crippen LogP contribution in [0.1, 0.15) is 23.1 Å². The zero-order valence-electron chi connectivity index (χ0n) is 18.4. The molecule has 4 aromatic rings. The van der Waals surface area contributed by atoms with Crippen molar-refractivity contribution in [2.75, 3.05) is 12.9 Å². The van der Waals surface area contributed by atoms with Crippen LogP contribution in [0.15, 0.2) is 65.6 Å². The Morgan fingerprint density at radius 3 is 2.50 bits per heavy atom. The minimum absolute atomic E-state index is 0.135. The van der Waals surface area contributed by atoms with Crippen molar-refractivity contribution in [1.29, 1.82) is 0 Å². The Kier molecular flexibility index (Phi) is 6.76. The lowest BCUT2D eigenvalue weighted by Gasteiger charge is -2.11. The fourth-order valence-electron chi connectivity index (χ4n) is 3.25. The number of hydrogen-bond acceptors (Lipinski definition) is 7. The highest BCUT2D eigenvalue weighted by atomic mass is 35.5. The Bertz CT molecular complexity index is 1450. The summed E-state index contributed by atoms with van der Waals surface area (Å²) in [5.41, 5.74) is 1.49. The van der Waals surface area contributed by atoms with Gasteiger partial charge in [-0.25, -0.2) is 18.2 Å². The highest BCUT2D eigenvalue weighted by molar-refractivity contribution is 7.90. The minimum Gasteiger partial charge on any atom is -0.485 e. The van der Waals surface area contributed by atoms with Crippen LogP contribution in [0.4, 0.5) is 0 Å². The first-order valence-electron chi connectivity index (χ1n) is 10.3. The number of hydrogen-bond donors (Lipinski definition) is 1. The molecule has 176 valence electrons. The number of carbonyl (C=O) groups is 1. The van der Waals surface area contributed by atoms with Gasteiger partial charge in [-0.05, 0) is 55.5 Å². The maximum Gasteiger partial charge on any atom is 0.354 e. The lowest BCUT2D eigenvalue weighted by atomic mass is 10.2. The molecule has 2 heterocycles. The number of esters is 1. The molecule has 0 unspecified atom stereocenters. The van der Waals surface area contributed by atoms with Gasteiger partial charge in [0.2, 0.25) is 0 Å². The van der Waals surface area contributed by atoms with Crippen molar-refractivity contribution in [3.05, 3.63) is 77.2 Å². The van der Waals surface area contributed by atoms with Crippen molar-refractivity contribution >= 4 is 38.3 Å². The van der Waals surface area contributed by atoms with Crippen LogP contribution in [0.25, 0.3) is 10.9 Å². The van der Waals surface area contributed by atoms with Gasteiger partial charge in [-0.3, -0.25) is 0 Å². The molecule has 2 aromatic carbocycles. The number of fused-ring (bicyclic) bond motifs is 1. The molecule has 0 bridgehead atoms. The topological polar surface area (TPSA) is 108 Å². The van der Waals surface area contributed by atoms with Crippen LogP contribution in [0.3, 0.4) is 0 Å². The average molecular weight is 501 g/mol. The molecule has 0 saturated heterocycles. The zero-order valence-corrected chi connectivity index (χ0v) is 19.9. The third-order valence-electron chi connectivity index (χ3n) is 4.80. The summed E-state index contributed by atoms with van der Waals surface area (Å²) in [5.74, 6) is 0.816. The first kappa shape index (κ1) is 23.6. The van der Waals surface area contributed by atoms with E-state index in [9.17, 15) is 13.2 Å². The minimum atomic E-state index is -3.31. The number of aromatic amines is 1. The van der Waals surface area contributed by atoms with E-state index in [1.54, 1.807) is 55.5 Å². The Morgan fingerprint density at radius 2 is 1.82 bits per heavy atom. The molecule has 0 aliphatic rings. The molecular weight excluding hydrogens is 480 g/mol. The van der Waals surface area contributed by atoms with E-state index in [-0.39, 0.29) is 23.8 Å². The second-order valence-corrected chi connectivity index (χ2v) is 9.78. The van der Waals surface area contributed by atoms with E-state index in [0.29, 0.717) is 39.0 Å². The standard InChI is InChI=1S/C24H21ClN2O6S/c1-3-31-24(28)20-12-15-11-18(33-17-7-9-19(10-8-17)34(2,29)30)13-21(23(15)27-20)32-14-16-5-4-6-22(25)26-16/h4-13,27H,3,14H2,1-2H3. The van der Waals surface area contributed by atoms with E-state index in [4.69, 9.17) is 25.8 Å². The normalized spacial score (nSPS) is 11.4. The fraction of sp³-hybridized carbons (Fsp3) is 0.167. The second-order valence-electron chi connectivity index (χ2n) is 7.38. The quantitative estimate of drug-likeness (QED) is 0.263. The van der Waals surface area contributed by atoms with E-state index < -0.39 is 15.8 Å². The molecule has 34 heavy (non-hydrogen) atoms. The van der Waals surface area contributed by atoms with Crippen molar-refractivity contribution in [1.82, 2.24) is 9.97 Å². The SMILES string of the molecule is CCOC(=O)c1cc2cc(Oc3ccc(S(C)(=O)=O)cc3)cc(OCc3cccc(Cl)n3)c2[nH]1. The Balaban J connectivity index is 1.68. The highest BCUT2D eigenvalue weighted by Crippen LogP contribution is 2.34. The maximum absolute atomic E-state index is 12.2. The number of carbonyl (C=O) groups excluding carboxylic acids is 1. The van der Waals surface area contributed by atoms with E-state index >= 15 is 0 Å². The van der Waals surface area contributed by atoms with Gasteiger partial charge in [0, 0.05) is 17.7 Å². The second kappa shape index (κ2) is 9.74. The van der Waals surface area contributed by atoms with Gasteiger partial charge < -0.3 is 19.2 Å². The molecule has 0 spiro atoms. The molecule has 8 nitrogen and oxygen atoms in total. The monoisotopic (exact) mass is 500 g/mol. The first-order valence-corrected chi connectivity index (χ1v) is 12.6. The van der Waals surface area contributed by atoms with Crippen LogP contribution in [-0.4, -0.2) is 37.2 Å². The number of ether oxygens (including phenoxy) is 3. The molecule has 1 N–H and O–H groups in total. The average Bonchev–Trinajstić information content (AvgIpc) is 3.22. The van der Waals surface area contributed by atoms with Gasteiger partial charge in [-0.2, -0.15) is 0 Å². The number of sulfone groups is 1. The summed E-state index contributed by atoms with van der Waals surface area (Å²) in [5, 5.41) is 1.02. The number of rotatable bonds is 8. The van der Waals surface area contributed by atoms with Gasteiger partial charge in [-0.1, -0.05) is 17.7 Å². The molecule has 0 aliphatic carbocycles. The maximum atomic E-state index is 12.2. The number of H-pyrrole nitrogens is 1. The number of nitrogens with zero attached hydrogens (tertiary/aromatic N) is 1. The van der Waals surface area contributed by atoms with Crippen molar-refractivity contribution in [2.24, 2.45) is 0 Å². The summed E-state index contributed by atoms with van der Waals surface area (Å²) >= 11 is 5.96. The van der Waals surface area contributed by atoms with Crippen LogP contribution < -0.4 is 9.47 Å². The summed E-state index contributed by atoms with van der Waals surface area (Å²) in [6.45, 7) is 2.11. The lowest BCUT2D eigenvalue weighted by molar-refractivity contribution is 0.0520. The van der Waals surface area contributed by atoms with Gasteiger partial charge >= 0.3 is 5.97 Å². The fourth-order valence-corrected chi connectivity index (χ4v) is 4.06. The molecular formula is C24H21ClN2O6S. The van der Waals surface area contributed by atoms with Gasteiger partial charge in [0.25, 0.3) is 0 Å². The molecule has 0 aliphatic heterocycles. The van der Waals surface area contributed by atoms with Crippen LogP contribution in [0.5, 0.6) is 17.2 Å². The molecule has 0 saturated carbocycles. The summed E-state index contributed by atoms with van der Waals surface area (Å²) in [6, 6.07) is 16.4. The molecule has 4 rings (SSSR count). The van der Waals surface area contributed by atoms with Crippen LogP contribution in [-0.2, 0) is 21.2 Å². The summed E-state index contributed by atoms with van der Waals surface area (Å²) in [7, 11) is -3.31. The Labute approximate surface area is 201 Å². The van der Waals surface area contributed by atoms with E-state index in [2.05, 4.69) is 9.97 Å². The predicted molar refractivity (Wildman–Crippen MR) is 127 cm³/mol. The Morgan fingerprint density at radius 1 is 1.06 bits per heavy atom. The molecule has 0 radical (unpaired) electrons.